The van der Waals surface area contributed by atoms with Crippen molar-refractivity contribution in [1.29, 1.82) is 0 Å². The summed E-state index contributed by atoms with van der Waals surface area (Å²) in [6, 6.07) is 22.0. The molecule has 3 fully saturated rings. The largest absolute Gasteiger partial charge is 1.00 e. The Morgan fingerprint density at radius 3 is 2.30 bits per heavy atom. The number of nitrogens with zero attached hydrogens (tertiary/aromatic N) is 3. The van der Waals surface area contributed by atoms with Gasteiger partial charge in [-0.1, -0.05) is 54.6 Å². The summed E-state index contributed by atoms with van der Waals surface area (Å²) >= 11 is 0. The van der Waals surface area contributed by atoms with Crippen LogP contribution in [0.4, 0.5) is 4.39 Å². The zero-order valence-corrected chi connectivity index (χ0v) is 20.9. The molecule has 3 saturated heterocycles. The van der Waals surface area contributed by atoms with Crippen molar-refractivity contribution in [2.75, 3.05) is 19.6 Å². The molecule has 0 spiro atoms. The number of benzene rings is 3. The molecule has 1 aliphatic carbocycles. The summed E-state index contributed by atoms with van der Waals surface area (Å²) in [7, 11) is 0. The number of halogens is 2. The van der Waals surface area contributed by atoms with Crippen LogP contribution in [0, 0.1) is 11.7 Å². The van der Waals surface area contributed by atoms with Crippen molar-refractivity contribution in [3.05, 3.63) is 102 Å². The average Bonchev–Trinajstić information content (AvgIpc) is 3.47. The van der Waals surface area contributed by atoms with Crippen molar-refractivity contribution in [2.45, 2.75) is 31.1 Å². The minimum absolute atomic E-state index is 0. The third kappa shape index (κ3) is 3.84. The third-order valence-electron chi connectivity index (χ3n) is 8.30. The number of hydrogen-bond acceptors (Lipinski definition) is 5. The third-order valence-corrected chi connectivity index (χ3v) is 8.30. The smallest absolute Gasteiger partial charge is 0.271 e. The second kappa shape index (κ2) is 8.94. The number of quaternary nitrogens is 1. The molecule has 190 valence electrons. The molecule has 8 heteroatoms. The quantitative estimate of drug-likeness (QED) is 0.406. The van der Waals surface area contributed by atoms with Crippen molar-refractivity contribution in [3.63, 3.8) is 0 Å². The summed E-state index contributed by atoms with van der Waals surface area (Å²) in [5.41, 5.74) is 2.00. The molecule has 37 heavy (non-hydrogen) atoms. The molecule has 0 amide bonds. The fraction of sp³-hybridized carbons (Fsp3) is 0.310. The summed E-state index contributed by atoms with van der Waals surface area (Å²) in [5, 5.41) is 20.7. The van der Waals surface area contributed by atoms with Crippen LogP contribution in [-0.4, -0.2) is 45.5 Å². The van der Waals surface area contributed by atoms with Crippen LogP contribution < -0.4 is 17.1 Å². The van der Waals surface area contributed by atoms with Crippen LogP contribution in [0.25, 0.3) is 11.1 Å². The lowest BCUT2D eigenvalue weighted by molar-refractivity contribution is -0.959. The maximum absolute atomic E-state index is 13.7. The molecule has 4 heterocycles. The van der Waals surface area contributed by atoms with Gasteiger partial charge in [0.2, 0.25) is 0 Å². The van der Waals surface area contributed by atoms with Gasteiger partial charge in [-0.25, -0.2) is 4.39 Å². The Kier molecular flexibility index (Phi) is 5.82. The molecule has 4 aliphatic rings. The topological polar surface area (TPSA) is 68.4 Å². The molecule has 0 radical (unpaired) electrons. The highest BCUT2D eigenvalue weighted by molar-refractivity contribution is 5.81. The van der Waals surface area contributed by atoms with Gasteiger partial charge in [0.05, 0.1) is 13.1 Å². The Balaban J connectivity index is 0.00000252. The van der Waals surface area contributed by atoms with Crippen molar-refractivity contribution < 1.29 is 35.5 Å². The SMILES string of the molecule is OC1(c2nnc(C[N+]34CCC(CC3)[C@@H](Oc3cccc(F)c3)C4)o2)c2ccccc2-c2ccccc21.[Cl-]. The molecule has 1 aromatic heterocycles. The second-order valence-electron chi connectivity index (χ2n) is 10.4. The van der Waals surface area contributed by atoms with Crippen LogP contribution in [0.2, 0.25) is 0 Å². The van der Waals surface area contributed by atoms with Crippen molar-refractivity contribution in [2.24, 2.45) is 5.92 Å². The van der Waals surface area contributed by atoms with Gasteiger partial charge in [-0.2, -0.15) is 0 Å². The molecule has 8 rings (SSSR count). The van der Waals surface area contributed by atoms with E-state index in [4.69, 9.17) is 9.15 Å². The predicted octanol–water partition coefficient (Wildman–Crippen LogP) is 1.67. The van der Waals surface area contributed by atoms with Gasteiger partial charge < -0.3 is 31.2 Å². The summed E-state index contributed by atoms with van der Waals surface area (Å²) in [6.45, 7) is 3.43. The Bertz CT molecular complexity index is 1400. The van der Waals surface area contributed by atoms with Gasteiger partial charge in [-0.15, -0.1) is 10.2 Å². The molecule has 1 atom stereocenters. The highest BCUT2D eigenvalue weighted by atomic mass is 35.5. The zero-order valence-electron chi connectivity index (χ0n) is 20.2. The normalized spacial score (nSPS) is 24.7. The first-order valence-corrected chi connectivity index (χ1v) is 12.6. The van der Waals surface area contributed by atoms with Crippen molar-refractivity contribution >= 4 is 0 Å². The van der Waals surface area contributed by atoms with Crippen LogP contribution in [0.5, 0.6) is 5.75 Å². The number of aromatic nitrogens is 2. The van der Waals surface area contributed by atoms with Gasteiger partial charge in [-0.05, 0) is 23.3 Å². The summed E-state index contributed by atoms with van der Waals surface area (Å²) < 4.78 is 27.0. The van der Waals surface area contributed by atoms with Crippen LogP contribution in [0.3, 0.4) is 0 Å². The van der Waals surface area contributed by atoms with Crippen LogP contribution in [0.15, 0.2) is 77.2 Å². The van der Waals surface area contributed by atoms with E-state index in [1.54, 1.807) is 6.07 Å². The fourth-order valence-electron chi connectivity index (χ4n) is 6.49. The van der Waals surface area contributed by atoms with Gasteiger partial charge in [0.15, 0.2) is 18.2 Å². The van der Waals surface area contributed by atoms with Gasteiger partial charge in [0, 0.05) is 36.0 Å². The van der Waals surface area contributed by atoms with Crippen LogP contribution in [0.1, 0.15) is 35.7 Å². The van der Waals surface area contributed by atoms with Crippen LogP contribution in [-0.2, 0) is 12.1 Å². The van der Waals surface area contributed by atoms with Gasteiger partial charge in [0.1, 0.15) is 18.1 Å². The molecule has 2 bridgehead atoms. The molecule has 0 unspecified atom stereocenters. The number of rotatable bonds is 5. The highest BCUT2D eigenvalue weighted by Gasteiger charge is 2.50. The number of fused-ring (bicyclic) bond motifs is 6. The lowest BCUT2D eigenvalue weighted by Gasteiger charge is -2.51. The molecule has 0 saturated carbocycles. The lowest BCUT2D eigenvalue weighted by atomic mass is 9.83. The monoisotopic (exact) mass is 519 g/mol. The number of hydrogen-bond donors (Lipinski definition) is 1. The first kappa shape index (κ1) is 24.1. The summed E-state index contributed by atoms with van der Waals surface area (Å²) in [6.07, 6.45) is 2.12. The van der Waals surface area contributed by atoms with E-state index >= 15 is 0 Å². The number of piperidine rings is 3. The Morgan fingerprint density at radius 2 is 1.62 bits per heavy atom. The van der Waals surface area contributed by atoms with E-state index < -0.39 is 5.60 Å². The first-order valence-electron chi connectivity index (χ1n) is 12.6. The van der Waals surface area contributed by atoms with E-state index in [0.717, 1.165) is 59.2 Å². The van der Waals surface area contributed by atoms with Crippen molar-refractivity contribution in [3.8, 4) is 16.9 Å². The predicted molar refractivity (Wildman–Crippen MR) is 130 cm³/mol. The molecule has 1 N–H and O–H groups in total. The van der Waals surface area contributed by atoms with E-state index in [9.17, 15) is 9.50 Å². The molecule has 4 aromatic rings. The second-order valence-corrected chi connectivity index (χ2v) is 10.4. The highest BCUT2D eigenvalue weighted by Crippen LogP contribution is 2.50. The molecular formula is C29H27ClFN3O3. The maximum atomic E-state index is 13.7. The Morgan fingerprint density at radius 1 is 0.946 bits per heavy atom. The average molecular weight is 520 g/mol. The van der Waals surface area contributed by atoms with E-state index in [1.807, 2.05) is 54.6 Å². The van der Waals surface area contributed by atoms with Gasteiger partial charge in [0.25, 0.3) is 11.8 Å². The van der Waals surface area contributed by atoms with Crippen LogP contribution >= 0.6 is 0 Å². The minimum atomic E-state index is -1.48. The van der Waals surface area contributed by atoms with E-state index in [1.165, 1.54) is 12.1 Å². The number of ether oxygens (including phenoxy) is 1. The van der Waals surface area contributed by atoms with Gasteiger partial charge >= 0.3 is 0 Å². The summed E-state index contributed by atoms with van der Waals surface area (Å²) in [4.78, 5) is 0. The van der Waals surface area contributed by atoms with E-state index in [2.05, 4.69) is 10.2 Å². The maximum Gasteiger partial charge on any atom is 0.271 e. The fourth-order valence-corrected chi connectivity index (χ4v) is 6.49. The van der Waals surface area contributed by atoms with E-state index in [0.29, 0.717) is 24.1 Å². The Hall–Kier alpha value is -3.26. The van der Waals surface area contributed by atoms with E-state index in [-0.39, 0.29) is 30.2 Å². The number of aliphatic hydroxyl groups is 1. The Labute approximate surface area is 220 Å². The minimum Gasteiger partial charge on any atom is -1.00 e. The van der Waals surface area contributed by atoms with Crippen molar-refractivity contribution in [1.82, 2.24) is 10.2 Å². The zero-order chi connectivity index (χ0) is 24.3. The first-order chi connectivity index (χ1) is 17.5. The van der Waals surface area contributed by atoms with Gasteiger partial charge in [-0.3, -0.25) is 0 Å². The molecular weight excluding hydrogens is 493 g/mol. The standard InChI is InChI=1S/C29H27FN3O3.ClH/c30-20-6-5-7-21(16-20)35-26-17-33(14-12-19(26)13-15-33)18-27-31-32-28(36-27)29(34)24-10-3-1-8-22(24)23-9-2-4-11-25(23)29;/h1-11,16,19,26,34H,12-15,17-18H2;1H/q+1;/p-1/t19?,26-,33?;/m0./s1. The lowest BCUT2D eigenvalue weighted by Crippen LogP contribution is -3.00. The molecule has 3 aliphatic heterocycles. The molecule has 3 aromatic carbocycles. The summed E-state index contributed by atoms with van der Waals surface area (Å²) in [5.74, 6) is 1.48. The molecule has 6 nitrogen and oxygen atoms in total.